The number of nitrogens with zero attached hydrogens (tertiary/aromatic N) is 2. The Kier molecular flexibility index (Phi) is 10.8. The van der Waals surface area contributed by atoms with Crippen LogP contribution in [0, 0.1) is 27.7 Å². The predicted molar refractivity (Wildman–Crippen MR) is 264 cm³/mol. The first-order valence-electron chi connectivity index (χ1n) is 21.7. The zero-order chi connectivity index (χ0) is 45.1. The highest BCUT2D eigenvalue weighted by atomic mass is 16.5. The topological polar surface area (TPSA) is 94.3 Å². The van der Waals surface area contributed by atoms with Gasteiger partial charge in [0.05, 0.1) is 84.4 Å². The van der Waals surface area contributed by atoms with Crippen LogP contribution < -0.4 is 18.9 Å². The van der Waals surface area contributed by atoms with Gasteiger partial charge in [0.2, 0.25) is 0 Å². The molecular weight excluding hydrogens is 793 g/mol. The monoisotopic (exact) mass is 846 g/mol. The number of hydrogen-bond donors (Lipinski definition) is 2. The van der Waals surface area contributed by atoms with Crippen molar-refractivity contribution < 1.29 is 18.9 Å². The molecule has 322 valence electrons. The van der Waals surface area contributed by atoms with Crippen LogP contribution in [0.4, 0.5) is 0 Å². The second-order valence-electron chi connectivity index (χ2n) is 16.7. The standard InChI is InChI=1S/C56H54N4O4/c1-29-33(5)53-47(45-39(61-9)25-19-26-40(45)62-10)54-35(7)31(3)51(59-54)44(38-23-17-14-18-24-38)52-32(4)36(8)56(60-52)48(46-41(63-11)27-20-28-42(46)64-12)55-34(6)30(2)50(58-55)43(49(29)57-53)37-21-15-13-16-22-37/h13-28,57,60H,1-12H3. The molecule has 0 atom stereocenters. The highest BCUT2D eigenvalue weighted by Crippen LogP contribution is 2.51. The van der Waals surface area contributed by atoms with Gasteiger partial charge < -0.3 is 28.9 Å². The summed E-state index contributed by atoms with van der Waals surface area (Å²) in [6.45, 7) is 17.5. The van der Waals surface area contributed by atoms with E-state index in [2.05, 4.69) is 126 Å². The molecule has 2 N–H and O–H groups in total. The molecule has 8 heteroatoms. The van der Waals surface area contributed by atoms with Crippen molar-refractivity contribution in [1.29, 1.82) is 0 Å². The SMILES string of the molecule is COc1cccc(OC)c1-c1c2nc(c(-c3ccccc3)c3[nH]c(c(C)c3C)c(-c3c(OC)cccc3OC)c3nc(c(-c4ccccc4)c4[nH]c1c(C)c4C)C(C)=C3C)C(C)=C2C. The van der Waals surface area contributed by atoms with Crippen molar-refractivity contribution in [2.24, 2.45) is 0 Å². The van der Waals surface area contributed by atoms with Crippen LogP contribution in [-0.4, -0.2) is 48.4 Å². The van der Waals surface area contributed by atoms with Crippen molar-refractivity contribution in [2.75, 3.05) is 28.4 Å². The largest absolute Gasteiger partial charge is 0.496 e. The van der Waals surface area contributed by atoms with E-state index in [4.69, 9.17) is 28.9 Å². The van der Waals surface area contributed by atoms with Crippen LogP contribution in [0.5, 0.6) is 23.0 Å². The number of hydrogen-bond acceptors (Lipinski definition) is 6. The molecule has 0 unspecified atom stereocenters. The Balaban J connectivity index is 1.66. The number of H-pyrrole nitrogens is 2. The Morgan fingerprint density at radius 1 is 0.312 bits per heavy atom. The summed E-state index contributed by atoms with van der Waals surface area (Å²) in [5.41, 5.74) is 23.3. The van der Waals surface area contributed by atoms with E-state index < -0.39 is 0 Å². The summed E-state index contributed by atoms with van der Waals surface area (Å²) >= 11 is 0. The smallest absolute Gasteiger partial charge is 0.130 e. The zero-order valence-corrected chi connectivity index (χ0v) is 38.8. The lowest BCUT2D eigenvalue weighted by atomic mass is 9.93. The maximum atomic E-state index is 6.19. The van der Waals surface area contributed by atoms with Crippen LogP contribution in [0.25, 0.3) is 88.9 Å². The molecule has 0 saturated heterocycles. The Morgan fingerprint density at radius 2 is 0.578 bits per heavy atom. The quantitative estimate of drug-likeness (QED) is 0.158. The van der Waals surface area contributed by atoms with Gasteiger partial charge in [0.25, 0.3) is 0 Å². The van der Waals surface area contributed by atoms with Crippen LogP contribution in [0.1, 0.15) is 72.7 Å². The molecule has 5 heterocycles. The van der Waals surface area contributed by atoms with Gasteiger partial charge in [-0.3, -0.25) is 0 Å². The summed E-state index contributed by atoms with van der Waals surface area (Å²) in [7, 11) is 6.84. The van der Waals surface area contributed by atoms with E-state index in [-0.39, 0.29) is 0 Å². The minimum atomic E-state index is 0.683. The van der Waals surface area contributed by atoms with E-state index in [0.29, 0.717) is 23.0 Å². The lowest BCUT2D eigenvalue weighted by Crippen LogP contribution is -1.97. The number of ether oxygens (including phenoxy) is 4. The first-order chi connectivity index (χ1) is 30.9. The Bertz CT molecular complexity index is 3010. The van der Waals surface area contributed by atoms with Crippen molar-refractivity contribution in [2.45, 2.75) is 55.4 Å². The molecule has 0 spiro atoms. The third kappa shape index (κ3) is 6.42. The van der Waals surface area contributed by atoms with Gasteiger partial charge in [-0.25, -0.2) is 9.97 Å². The van der Waals surface area contributed by atoms with Crippen molar-refractivity contribution in [3.8, 4) is 67.5 Å². The second kappa shape index (κ2) is 16.4. The molecule has 0 aliphatic carbocycles. The summed E-state index contributed by atoms with van der Waals surface area (Å²) in [6.07, 6.45) is 0. The van der Waals surface area contributed by atoms with E-state index >= 15 is 0 Å². The lowest BCUT2D eigenvalue weighted by Gasteiger charge is -2.15. The minimum absolute atomic E-state index is 0.683. The number of fused-ring (bicyclic) bond motifs is 8. The minimum Gasteiger partial charge on any atom is -0.496 e. The Hall–Kier alpha value is -7.32. The van der Waals surface area contributed by atoms with Crippen LogP contribution in [0.2, 0.25) is 0 Å². The van der Waals surface area contributed by atoms with Gasteiger partial charge in [0.15, 0.2) is 0 Å². The molecule has 3 aromatic heterocycles. The summed E-state index contributed by atoms with van der Waals surface area (Å²) < 4.78 is 24.7. The van der Waals surface area contributed by atoms with Crippen LogP contribution in [-0.2, 0) is 0 Å². The zero-order valence-electron chi connectivity index (χ0n) is 38.8. The van der Waals surface area contributed by atoms with E-state index in [1.54, 1.807) is 28.4 Å². The average molecular weight is 847 g/mol. The third-order valence-corrected chi connectivity index (χ3v) is 13.5. The molecule has 8 bridgehead atoms. The Morgan fingerprint density at radius 3 is 0.859 bits per heavy atom. The number of aromatic amines is 2. The fourth-order valence-corrected chi connectivity index (χ4v) is 9.55. The molecule has 8 nitrogen and oxygen atoms in total. The molecule has 0 saturated carbocycles. The average Bonchev–Trinajstić information content (AvgIpc) is 3.98. The predicted octanol–water partition coefficient (Wildman–Crippen LogP) is 14.2. The Labute approximate surface area is 375 Å². The third-order valence-electron chi connectivity index (χ3n) is 13.5. The summed E-state index contributed by atoms with van der Waals surface area (Å²) in [5.74, 6) is 2.73. The molecule has 4 aromatic carbocycles. The number of aromatic nitrogens is 4. The molecular formula is C56H54N4O4. The van der Waals surface area contributed by atoms with E-state index in [1.807, 2.05) is 36.4 Å². The molecule has 2 aliphatic heterocycles. The molecule has 7 aromatic rings. The number of nitrogens with one attached hydrogen (secondary N) is 2. The summed E-state index contributed by atoms with van der Waals surface area (Å²) in [5, 5.41) is 0. The number of benzene rings is 4. The molecule has 9 rings (SSSR count). The number of methoxy groups -OCH3 is 4. The van der Waals surface area contributed by atoms with Gasteiger partial charge in [-0.15, -0.1) is 0 Å². The molecule has 0 amide bonds. The summed E-state index contributed by atoms with van der Waals surface area (Å²) in [6, 6.07) is 33.0. The first-order valence-corrected chi connectivity index (χ1v) is 21.7. The maximum absolute atomic E-state index is 6.19. The van der Waals surface area contributed by atoms with E-state index in [9.17, 15) is 0 Å². The van der Waals surface area contributed by atoms with Crippen molar-refractivity contribution in [3.63, 3.8) is 0 Å². The molecule has 64 heavy (non-hydrogen) atoms. The molecule has 0 radical (unpaired) electrons. The van der Waals surface area contributed by atoms with Crippen molar-refractivity contribution in [3.05, 3.63) is 142 Å². The van der Waals surface area contributed by atoms with Gasteiger partial charge in [0, 0.05) is 22.3 Å². The number of allylic oxidation sites excluding steroid dienone is 4. The fraction of sp³-hybridized carbons (Fsp3) is 0.214. The van der Waals surface area contributed by atoms with Crippen LogP contribution in [0.3, 0.4) is 0 Å². The van der Waals surface area contributed by atoms with Gasteiger partial charge in [-0.2, -0.15) is 0 Å². The molecule has 2 aliphatic rings. The van der Waals surface area contributed by atoms with Gasteiger partial charge in [0.1, 0.15) is 23.0 Å². The highest BCUT2D eigenvalue weighted by molar-refractivity contribution is 6.09. The van der Waals surface area contributed by atoms with Gasteiger partial charge >= 0.3 is 0 Å². The van der Waals surface area contributed by atoms with Crippen molar-refractivity contribution in [1.82, 2.24) is 19.9 Å². The second-order valence-corrected chi connectivity index (χ2v) is 16.7. The fourth-order valence-electron chi connectivity index (χ4n) is 9.55. The van der Waals surface area contributed by atoms with Crippen molar-refractivity contribution >= 4 is 44.4 Å². The van der Waals surface area contributed by atoms with E-state index in [1.165, 1.54) is 0 Å². The lowest BCUT2D eigenvalue weighted by molar-refractivity contribution is 0.397. The van der Waals surface area contributed by atoms with Crippen LogP contribution in [0.15, 0.2) is 97.1 Å². The first kappa shape index (κ1) is 42.0. The van der Waals surface area contributed by atoms with E-state index in [0.717, 1.165) is 134 Å². The van der Waals surface area contributed by atoms with Crippen LogP contribution >= 0.6 is 0 Å². The number of aryl methyl sites for hydroxylation is 4. The highest BCUT2D eigenvalue weighted by Gasteiger charge is 2.31. The maximum Gasteiger partial charge on any atom is 0.130 e. The molecule has 0 fully saturated rings. The van der Waals surface area contributed by atoms with Gasteiger partial charge in [-0.05, 0) is 135 Å². The normalized spacial score (nSPS) is 12.6. The summed E-state index contributed by atoms with van der Waals surface area (Å²) in [4.78, 5) is 19.6. The number of rotatable bonds is 8. The van der Waals surface area contributed by atoms with Gasteiger partial charge in [-0.1, -0.05) is 72.8 Å².